The van der Waals surface area contributed by atoms with Crippen LogP contribution in [0.5, 0.6) is 0 Å². The number of rotatable bonds is 7. The molecule has 3 rings (SSSR count). The van der Waals surface area contributed by atoms with Gasteiger partial charge in [0, 0.05) is 25.1 Å². The maximum atomic E-state index is 11.5. The minimum atomic E-state index is -0.00643. The van der Waals surface area contributed by atoms with Gasteiger partial charge in [0.25, 0.3) is 0 Å². The summed E-state index contributed by atoms with van der Waals surface area (Å²) in [4.78, 5) is 14.8. The minimum absolute atomic E-state index is 0.00643. The van der Waals surface area contributed by atoms with E-state index in [-0.39, 0.29) is 17.8 Å². The summed E-state index contributed by atoms with van der Waals surface area (Å²) in [5.41, 5.74) is 2.55. The van der Waals surface area contributed by atoms with Crippen LogP contribution in [0.3, 0.4) is 0 Å². The van der Waals surface area contributed by atoms with Crippen molar-refractivity contribution in [1.29, 1.82) is 0 Å². The summed E-state index contributed by atoms with van der Waals surface area (Å²) < 4.78 is 0. The predicted molar refractivity (Wildman–Crippen MR) is 103 cm³/mol. The number of hydrogen-bond donors (Lipinski definition) is 1. The molecule has 0 saturated carbocycles. The van der Waals surface area contributed by atoms with Crippen molar-refractivity contribution in [3.05, 3.63) is 57.8 Å². The highest BCUT2D eigenvalue weighted by Gasteiger charge is 2.34. The van der Waals surface area contributed by atoms with E-state index < -0.39 is 0 Å². The maximum Gasteiger partial charge on any atom is 0.169 e. The number of thiophene rings is 1. The number of aryl methyl sites for hydroxylation is 1. The highest BCUT2D eigenvalue weighted by atomic mass is 32.1. The number of piperidine rings is 1. The Bertz CT molecular complexity index is 697. The van der Waals surface area contributed by atoms with Gasteiger partial charge >= 0.3 is 0 Å². The van der Waals surface area contributed by atoms with Crippen molar-refractivity contribution in [2.75, 3.05) is 19.7 Å². The Labute approximate surface area is 154 Å². The zero-order chi connectivity index (χ0) is 17.7. The molecule has 0 amide bonds. The van der Waals surface area contributed by atoms with Crippen LogP contribution in [0.25, 0.3) is 0 Å². The van der Waals surface area contributed by atoms with Gasteiger partial charge in [0.05, 0.1) is 4.88 Å². The summed E-state index contributed by atoms with van der Waals surface area (Å²) in [7, 11) is 0. The number of ketones is 1. The number of nitrogens with zero attached hydrogens (tertiary/aromatic N) is 1. The molecule has 0 unspecified atom stereocenters. The van der Waals surface area contributed by atoms with Crippen molar-refractivity contribution in [3.8, 4) is 0 Å². The van der Waals surface area contributed by atoms with E-state index in [1.54, 1.807) is 6.92 Å². The molecular weight excluding hydrogens is 330 g/mol. The maximum absolute atomic E-state index is 11.5. The first-order valence-corrected chi connectivity index (χ1v) is 9.94. The Morgan fingerprint density at radius 3 is 2.76 bits per heavy atom. The molecule has 1 aromatic carbocycles. The number of carbonyl (C=O) groups excluding carboxylic acids is 1. The first-order valence-electron chi connectivity index (χ1n) is 9.06. The van der Waals surface area contributed by atoms with Gasteiger partial charge in [-0.3, -0.25) is 9.69 Å². The zero-order valence-corrected chi connectivity index (χ0v) is 15.7. The lowest BCUT2D eigenvalue weighted by Gasteiger charge is -2.42. The number of hydrogen-bond acceptors (Lipinski definition) is 4. The summed E-state index contributed by atoms with van der Waals surface area (Å²) in [6.07, 6.45) is 4.25. The molecule has 4 heteroatoms. The fourth-order valence-electron chi connectivity index (χ4n) is 3.81. The quantitative estimate of drug-likeness (QED) is 0.757. The molecule has 134 valence electrons. The molecule has 1 atom stereocenters. The zero-order valence-electron chi connectivity index (χ0n) is 14.9. The molecule has 1 aromatic heterocycles. The van der Waals surface area contributed by atoms with Crippen LogP contribution in [0.4, 0.5) is 0 Å². The Hall–Kier alpha value is -1.49. The molecule has 25 heavy (non-hydrogen) atoms. The van der Waals surface area contributed by atoms with Crippen LogP contribution in [0.15, 0.2) is 41.8 Å². The van der Waals surface area contributed by atoms with Gasteiger partial charge in [0.2, 0.25) is 0 Å². The topological polar surface area (TPSA) is 40.5 Å². The van der Waals surface area contributed by atoms with Gasteiger partial charge in [0.1, 0.15) is 0 Å². The van der Waals surface area contributed by atoms with Crippen molar-refractivity contribution >= 4 is 17.1 Å². The number of aliphatic hydroxyl groups excluding tert-OH is 1. The standard InChI is InChI=1S/C21H27NO2S/c1-17(24)20-12-19(14-25-20)13-22-11-5-9-21(15-22,16-23)10-8-18-6-3-2-4-7-18/h2-4,6-7,12,14,23H,5,8-11,13,15-16H2,1H3/t21-/m1/s1. The van der Waals surface area contributed by atoms with Gasteiger partial charge in [-0.15, -0.1) is 11.3 Å². The van der Waals surface area contributed by atoms with Gasteiger partial charge in [-0.25, -0.2) is 0 Å². The summed E-state index contributed by atoms with van der Waals surface area (Å²) in [6.45, 7) is 4.74. The predicted octanol–water partition coefficient (Wildman–Crippen LogP) is 4.16. The van der Waals surface area contributed by atoms with Crippen LogP contribution < -0.4 is 0 Å². The van der Waals surface area contributed by atoms with Crippen LogP contribution >= 0.6 is 11.3 Å². The fourth-order valence-corrected chi connectivity index (χ4v) is 4.62. The van der Waals surface area contributed by atoms with Crippen LogP contribution in [0.2, 0.25) is 0 Å². The third-order valence-electron chi connectivity index (χ3n) is 5.27. The number of likely N-dealkylation sites (tertiary alicyclic amines) is 1. The molecule has 0 spiro atoms. The Kier molecular flexibility index (Phi) is 6.05. The fraction of sp³-hybridized carbons (Fsp3) is 0.476. The highest BCUT2D eigenvalue weighted by molar-refractivity contribution is 7.12. The second-order valence-electron chi connectivity index (χ2n) is 7.33. The molecule has 2 aromatic rings. The summed E-state index contributed by atoms with van der Waals surface area (Å²) >= 11 is 1.53. The molecule has 3 nitrogen and oxygen atoms in total. The van der Waals surface area contributed by atoms with E-state index in [1.165, 1.54) is 22.5 Å². The lowest BCUT2D eigenvalue weighted by Crippen LogP contribution is -2.45. The van der Waals surface area contributed by atoms with Crippen LogP contribution in [-0.4, -0.2) is 35.5 Å². The van der Waals surface area contributed by atoms with Gasteiger partial charge < -0.3 is 5.11 Å². The van der Waals surface area contributed by atoms with Crippen molar-refractivity contribution in [2.45, 2.75) is 39.2 Å². The van der Waals surface area contributed by atoms with E-state index >= 15 is 0 Å². The molecule has 1 aliphatic heterocycles. The van der Waals surface area contributed by atoms with Gasteiger partial charge in [-0.05, 0) is 61.7 Å². The minimum Gasteiger partial charge on any atom is -0.396 e. The average Bonchev–Trinajstić information content (AvgIpc) is 3.10. The van der Waals surface area contributed by atoms with Crippen LogP contribution in [-0.2, 0) is 13.0 Å². The summed E-state index contributed by atoms with van der Waals surface area (Å²) in [6, 6.07) is 12.6. The lowest BCUT2D eigenvalue weighted by molar-refractivity contribution is 0.0224. The molecule has 1 saturated heterocycles. The van der Waals surface area contributed by atoms with Crippen molar-refractivity contribution in [2.24, 2.45) is 5.41 Å². The third-order valence-corrected chi connectivity index (χ3v) is 6.35. The molecule has 1 fully saturated rings. The molecular formula is C21H27NO2S. The van der Waals surface area contributed by atoms with Gasteiger partial charge in [-0.1, -0.05) is 30.3 Å². The van der Waals surface area contributed by atoms with Crippen LogP contribution in [0, 0.1) is 5.41 Å². The number of benzene rings is 1. The first kappa shape index (κ1) is 18.3. The average molecular weight is 358 g/mol. The van der Waals surface area contributed by atoms with E-state index in [1.807, 2.05) is 12.1 Å². The number of Topliss-reactive ketones (excluding diaryl/α,β-unsaturated/α-hetero) is 1. The third kappa shape index (κ3) is 4.78. The SMILES string of the molecule is CC(=O)c1cc(CN2CCC[C@@](CO)(CCc3ccccc3)C2)cs1. The van der Waals surface area contributed by atoms with E-state index in [9.17, 15) is 9.90 Å². The second kappa shape index (κ2) is 8.26. The Balaban J connectivity index is 1.62. The van der Waals surface area contributed by atoms with Crippen molar-refractivity contribution in [3.63, 3.8) is 0 Å². The van der Waals surface area contributed by atoms with E-state index in [0.29, 0.717) is 0 Å². The first-order chi connectivity index (χ1) is 12.1. The smallest absolute Gasteiger partial charge is 0.169 e. The number of carbonyl (C=O) groups is 1. The molecule has 1 N–H and O–H groups in total. The van der Waals surface area contributed by atoms with Crippen LogP contribution in [0.1, 0.15) is 47.0 Å². The second-order valence-corrected chi connectivity index (χ2v) is 8.24. The van der Waals surface area contributed by atoms with Crippen molar-refractivity contribution in [1.82, 2.24) is 4.90 Å². The Morgan fingerprint density at radius 2 is 2.08 bits per heavy atom. The summed E-state index contributed by atoms with van der Waals surface area (Å²) in [5, 5.41) is 12.2. The monoisotopic (exact) mass is 357 g/mol. The van der Waals surface area contributed by atoms with Gasteiger partial charge in [0.15, 0.2) is 5.78 Å². The lowest BCUT2D eigenvalue weighted by atomic mass is 9.76. The van der Waals surface area contributed by atoms with Crippen molar-refractivity contribution < 1.29 is 9.90 Å². The molecule has 0 aliphatic carbocycles. The normalized spacial score (nSPS) is 21.4. The largest absolute Gasteiger partial charge is 0.396 e. The van der Waals surface area contributed by atoms with Gasteiger partial charge in [-0.2, -0.15) is 0 Å². The molecule has 1 aliphatic rings. The van der Waals surface area contributed by atoms with E-state index in [0.717, 1.165) is 50.2 Å². The Morgan fingerprint density at radius 1 is 1.28 bits per heavy atom. The molecule has 0 bridgehead atoms. The number of aliphatic hydroxyl groups is 1. The molecule has 2 heterocycles. The van der Waals surface area contributed by atoms with E-state index in [2.05, 4.69) is 34.5 Å². The van der Waals surface area contributed by atoms with E-state index in [4.69, 9.17) is 0 Å². The summed E-state index contributed by atoms with van der Waals surface area (Å²) in [5.74, 6) is 0.141. The molecule has 0 radical (unpaired) electrons. The highest BCUT2D eigenvalue weighted by Crippen LogP contribution is 2.35.